The SMILES string of the molecule is Cn1c(-c2cccc(OCF)c2)cc(C(=O)NCCCc2ccc(Cl)c(Cl)c2)c(O)c1=O. The number of nitrogens with zero attached hydrogens (tertiary/aromatic N) is 1. The Morgan fingerprint density at radius 2 is 1.94 bits per heavy atom. The van der Waals surface area contributed by atoms with Gasteiger partial charge in [0, 0.05) is 19.2 Å². The van der Waals surface area contributed by atoms with Gasteiger partial charge in [-0.3, -0.25) is 9.59 Å². The first-order valence-corrected chi connectivity index (χ1v) is 10.5. The number of carbonyl (C=O) groups excluding carboxylic acids is 1. The molecule has 3 rings (SSSR count). The van der Waals surface area contributed by atoms with Crippen LogP contribution in [0.25, 0.3) is 11.3 Å². The average molecular weight is 479 g/mol. The molecule has 3 aromatic rings. The first-order valence-electron chi connectivity index (χ1n) is 9.76. The number of aromatic hydroxyl groups is 1. The predicted octanol–water partition coefficient (Wildman–Crippen LogP) is 4.73. The van der Waals surface area contributed by atoms with Gasteiger partial charge in [-0.2, -0.15) is 0 Å². The smallest absolute Gasteiger partial charge is 0.293 e. The van der Waals surface area contributed by atoms with Crippen molar-refractivity contribution < 1.29 is 19.0 Å². The van der Waals surface area contributed by atoms with Gasteiger partial charge in [-0.05, 0) is 48.7 Å². The number of alkyl halides is 1. The lowest BCUT2D eigenvalue weighted by atomic mass is 10.1. The Hall–Kier alpha value is -3.03. The molecule has 0 radical (unpaired) electrons. The van der Waals surface area contributed by atoms with E-state index in [0.29, 0.717) is 40.7 Å². The number of benzene rings is 2. The summed E-state index contributed by atoms with van der Waals surface area (Å²) >= 11 is 11.9. The number of nitrogens with one attached hydrogen (secondary N) is 1. The molecule has 0 saturated carbocycles. The standard InChI is InChI=1S/C23H21Cl2FN2O4/c1-28-20(15-5-2-6-16(11-15)32-13-26)12-17(21(29)23(28)31)22(30)27-9-3-4-14-7-8-18(24)19(25)10-14/h2,5-8,10-12,29H,3-4,9,13H2,1H3,(H,27,30). The predicted molar refractivity (Wildman–Crippen MR) is 123 cm³/mol. The fourth-order valence-corrected chi connectivity index (χ4v) is 3.55. The summed E-state index contributed by atoms with van der Waals surface area (Å²) in [5, 5.41) is 13.9. The van der Waals surface area contributed by atoms with Gasteiger partial charge in [0.05, 0.1) is 21.3 Å². The molecule has 9 heteroatoms. The number of halogens is 3. The normalized spacial score (nSPS) is 10.8. The number of aromatic nitrogens is 1. The first-order chi connectivity index (χ1) is 15.3. The third-order valence-corrected chi connectivity index (χ3v) is 5.65. The minimum absolute atomic E-state index is 0.144. The topological polar surface area (TPSA) is 80.6 Å². The summed E-state index contributed by atoms with van der Waals surface area (Å²) < 4.78 is 18.6. The zero-order valence-electron chi connectivity index (χ0n) is 17.2. The molecule has 1 amide bonds. The van der Waals surface area contributed by atoms with Crippen molar-refractivity contribution in [3.05, 3.63) is 80.1 Å². The van der Waals surface area contributed by atoms with Gasteiger partial charge >= 0.3 is 0 Å². The van der Waals surface area contributed by atoms with Crippen molar-refractivity contribution in [2.45, 2.75) is 12.8 Å². The van der Waals surface area contributed by atoms with Gasteiger partial charge in [0.15, 0.2) is 5.75 Å². The highest BCUT2D eigenvalue weighted by Crippen LogP contribution is 2.26. The summed E-state index contributed by atoms with van der Waals surface area (Å²) in [6, 6.07) is 13.2. The zero-order chi connectivity index (χ0) is 23.3. The van der Waals surface area contributed by atoms with Gasteiger partial charge < -0.3 is 19.7 Å². The summed E-state index contributed by atoms with van der Waals surface area (Å²) in [5.74, 6) is -0.944. The van der Waals surface area contributed by atoms with Crippen LogP contribution in [0.2, 0.25) is 10.0 Å². The quantitative estimate of drug-likeness (QED) is 0.458. The molecule has 6 nitrogen and oxygen atoms in total. The lowest BCUT2D eigenvalue weighted by molar-refractivity contribution is 0.0950. The number of hydrogen-bond acceptors (Lipinski definition) is 4. The van der Waals surface area contributed by atoms with Gasteiger partial charge in [-0.15, -0.1) is 0 Å². The summed E-state index contributed by atoms with van der Waals surface area (Å²) in [4.78, 5) is 25.2. The molecule has 0 aliphatic carbocycles. The Morgan fingerprint density at radius 1 is 1.16 bits per heavy atom. The van der Waals surface area contributed by atoms with E-state index in [4.69, 9.17) is 27.9 Å². The van der Waals surface area contributed by atoms with Gasteiger partial charge in [0.2, 0.25) is 6.86 Å². The van der Waals surface area contributed by atoms with E-state index in [2.05, 4.69) is 5.32 Å². The van der Waals surface area contributed by atoms with E-state index in [1.807, 2.05) is 6.07 Å². The van der Waals surface area contributed by atoms with Gasteiger partial charge in [-0.25, -0.2) is 4.39 Å². The summed E-state index contributed by atoms with van der Waals surface area (Å²) in [6.07, 6.45) is 1.27. The Kier molecular flexibility index (Phi) is 7.77. The molecule has 0 bridgehead atoms. The van der Waals surface area contributed by atoms with Gasteiger partial charge in [-0.1, -0.05) is 41.4 Å². The van der Waals surface area contributed by atoms with Crippen molar-refractivity contribution in [2.75, 3.05) is 13.4 Å². The molecule has 0 fully saturated rings. The lowest BCUT2D eigenvalue weighted by Gasteiger charge is -2.14. The second-order valence-corrected chi connectivity index (χ2v) is 7.86. The van der Waals surface area contributed by atoms with Crippen molar-refractivity contribution >= 4 is 29.1 Å². The highest BCUT2D eigenvalue weighted by molar-refractivity contribution is 6.42. The molecule has 1 aromatic heterocycles. The van der Waals surface area contributed by atoms with Crippen LogP contribution in [0.4, 0.5) is 4.39 Å². The molecule has 0 spiro atoms. The number of hydrogen-bond donors (Lipinski definition) is 2. The number of pyridine rings is 1. The maximum Gasteiger partial charge on any atom is 0.293 e. The molecule has 32 heavy (non-hydrogen) atoms. The molecule has 1 heterocycles. The third kappa shape index (κ3) is 5.41. The molecule has 0 unspecified atom stereocenters. The molecule has 0 saturated heterocycles. The number of ether oxygens (including phenoxy) is 1. The highest BCUT2D eigenvalue weighted by Gasteiger charge is 2.19. The van der Waals surface area contributed by atoms with Crippen LogP contribution in [0.3, 0.4) is 0 Å². The van der Waals surface area contributed by atoms with Crippen LogP contribution >= 0.6 is 23.2 Å². The number of aryl methyl sites for hydroxylation is 1. The summed E-state index contributed by atoms with van der Waals surface area (Å²) in [6.45, 7) is -0.670. The van der Waals surface area contributed by atoms with Crippen LogP contribution < -0.4 is 15.6 Å². The molecular formula is C23H21Cl2FN2O4. The maximum atomic E-state index is 12.7. The molecule has 2 aromatic carbocycles. The fourth-order valence-electron chi connectivity index (χ4n) is 3.23. The Bertz CT molecular complexity index is 1200. The zero-order valence-corrected chi connectivity index (χ0v) is 18.7. The van der Waals surface area contributed by atoms with Crippen LogP contribution in [-0.2, 0) is 13.5 Å². The lowest BCUT2D eigenvalue weighted by Crippen LogP contribution is -2.28. The maximum absolute atomic E-state index is 12.7. The molecule has 0 aliphatic rings. The van der Waals surface area contributed by atoms with E-state index >= 15 is 0 Å². The number of amides is 1. The number of rotatable bonds is 8. The van der Waals surface area contributed by atoms with E-state index < -0.39 is 24.1 Å². The highest BCUT2D eigenvalue weighted by atomic mass is 35.5. The molecule has 168 valence electrons. The summed E-state index contributed by atoms with van der Waals surface area (Å²) in [7, 11) is 1.47. The molecular weight excluding hydrogens is 458 g/mol. The van der Waals surface area contributed by atoms with E-state index in [-0.39, 0.29) is 11.3 Å². The fraction of sp³-hybridized carbons (Fsp3) is 0.217. The Labute approximate surface area is 194 Å². The van der Waals surface area contributed by atoms with Crippen molar-refractivity contribution in [1.29, 1.82) is 0 Å². The van der Waals surface area contributed by atoms with E-state index in [1.54, 1.807) is 36.4 Å². The molecule has 2 N–H and O–H groups in total. The van der Waals surface area contributed by atoms with Crippen molar-refractivity contribution in [2.24, 2.45) is 7.05 Å². The largest absolute Gasteiger partial charge is 0.502 e. The van der Waals surface area contributed by atoms with Crippen LogP contribution in [0.1, 0.15) is 22.3 Å². The molecule has 0 aliphatic heterocycles. The Balaban J connectivity index is 1.75. The number of carbonyl (C=O) groups is 1. The van der Waals surface area contributed by atoms with Crippen LogP contribution in [0.15, 0.2) is 53.3 Å². The first kappa shape index (κ1) is 23.6. The summed E-state index contributed by atoms with van der Waals surface area (Å²) in [5.41, 5.74) is 1.01. The van der Waals surface area contributed by atoms with Gasteiger partial charge in [0.1, 0.15) is 5.75 Å². The van der Waals surface area contributed by atoms with Crippen LogP contribution in [0.5, 0.6) is 11.5 Å². The Morgan fingerprint density at radius 3 is 2.66 bits per heavy atom. The van der Waals surface area contributed by atoms with Crippen molar-refractivity contribution in [1.82, 2.24) is 9.88 Å². The monoisotopic (exact) mass is 478 g/mol. The van der Waals surface area contributed by atoms with Crippen molar-refractivity contribution in [3.63, 3.8) is 0 Å². The van der Waals surface area contributed by atoms with Crippen LogP contribution in [-0.4, -0.2) is 29.0 Å². The third-order valence-electron chi connectivity index (χ3n) is 4.91. The van der Waals surface area contributed by atoms with Gasteiger partial charge in [0.25, 0.3) is 11.5 Å². The van der Waals surface area contributed by atoms with E-state index in [9.17, 15) is 19.1 Å². The second kappa shape index (κ2) is 10.5. The molecule has 0 atom stereocenters. The second-order valence-electron chi connectivity index (χ2n) is 7.05. The van der Waals surface area contributed by atoms with Crippen LogP contribution in [0, 0.1) is 0 Å². The average Bonchev–Trinajstić information content (AvgIpc) is 2.78. The minimum Gasteiger partial charge on any atom is -0.502 e. The minimum atomic E-state index is -0.992. The van der Waals surface area contributed by atoms with Crippen molar-refractivity contribution in [3.8, 4) is 22.8 Å². The van der Waals surface area contributed by atoms with E-state index in [0.717, 1.165) is 5.56 Å². The van der Waals surface area contributed by atoms with E-state index in [1.165, 1.54) is 17.7 Å².